The highest BCUT2D eigenvalue weighted by atomic mass is 16.5. The number of anilines is 2. The monoisotopic (exact) mass is 295 g/mol. The molecule has 1 aromatic heterocycles. The molecule has 0 fully saturated rings. The molecule has 0 aliphatic heterocycles. The van der Waals surface area contributed by atoms with Crippen LogP contribution >= 0.6 is 0 Å². The molecule has 3 aromatic rings. The molecule has 0 saturated heterocycles. The molecule has 0 radical (unpaired) electrons. The van der Waals surface area contributed by atoms with Crippen LogP contribution in [0.2, 0.25) is 0 Å². The molecule has 1 heterocycles. The number of aromatic nitrogens is 1. The van der Waals surface area contributed by atoms with E-state index in [-0.39, 0.29) is 5.91 Å². The summed E-state index contributed by atoms with van der Waals surface area (Å²) < 4.78 is 5.51. The molecule has 3 rings (SSSR count). The lowest BCUT2D eigenvalue weighted by atomic mass is 10.1. The number of hydrogen-bond donors (Lipinski definition) is 2. The smallest absolute Gasteiger partial charge is 0.221 e. The van der Waals surface area contributed by atoms with Crippen LogP contribution in [0.1, 0.15) is 13.8 Å². The Morgan fingerprint density at radius 3 is 2.73 bits per heavy atom. The minimum Gasteiger partial charge on any atom is -0.494 e. The van der Waals surface area contributed by atoms with Gasteiger partial charge in [0.1, 0.15) is 5.75 Å². The molecule has 0 spiro atoms. The van der Waals surface area contributed by atoms with Crippen molar-refractivity contribution in [2.24, 2.45) is 0 Å². The maximum Gasteiger partial charge on any atom is 0.221 e. The highest BCUT2D eigenvalue weighted by molar-refractivity contribution is 6.07. The Hall–Kier alpha value is -2.82. The molecule has 2 aromatic carbocycles. The maximum atomic E-state index is 11.2. The lowest BCUT2D eigenvalue weighted by Crippen LogP contribution is -2.05. The molecule has 0 atom stereocenters. The minimum absolute atomic E-state index is 0.116. The Labute approximate surface area is 128 Å². The number of nitrogens with zero attached hydrogens (tertiary/aromatic N) is 1. The summed E-state index contributed by atoms with van der Waals surface area (Å²) in [6.07, 6.45) is 0. The molecule has 0 bridgehead atoms. The SMILES string of the molecule is CCOc1ccc2nc3cc(NC(C)=O)ccc3c(N)c2c1. The molecular weight excluding hydrogens is 278 g/mol. The first-order valence-corrected chi connectivity index (χ1v) is 7.12. The number of hydrogen-bond acceptors (Lipinski definition) is 4. The zero-order valence-corrected chi connectivity index (χ0v) is 12.5. The third-order valence-corrected chi connectivity index (χ3v) is 3.42. The van der Waals surface area contributed by atoms with Crippen LogP contribution in [0.25, 0.3) is 21.8 Å². The van der Waals surface area contributed by atoms with Gasteiger partial charge in [0.05, 0.1) is 23.3 Å². The number of ether oxygens (including phenoxy) is 1. The van der Waals surface area contributed by atoms with Gasteiger partial charge in [0.15, 0.2) is 0 Å². The van der Waals surface area contributed by atoms with Crippen LogP contribution in [0.4, 0.5) is 11.4 Å². The van der Waals surface area contributed by atoms with Crippen LogP contribution in [0, 0.1) is 0 Å². The standard InChI is InChI=1S/C17H17N3O2/c1-3-22-12-5-7-15-14(9-12)17(18)13-6-4-11(19-10(2)21)8-16(13)20-15/h4-9H,3H2,1-2H3,(H2,18,20)(H,19,21). The number of rotatable bonds is 3. The van der Waals surface area contributed by atoms with Crippen molar-refractivity contribution in [2.75, 3.05) is 17.7 Å². The van der Waals surface area contributed by atoms with Gasteiger partial charge in [-0.3, -0.25) is 4.79 Å². The van der Waals surface area contributed by atoms with Crippen molar-refractivity contribution >= 4 is 39.1 Å². The fourth-order valence-corrected chi connectivity index (χ4v) is 2.49. The van der Waals surface area contributed by atoms with E-state index in [0.29, 0.717) is 18.0 Å². The van der Waals surface area contributed by atoms with E-state index in [1.807, 2.05) is 43.3 Å². The summed E-state index contributed by atoms with van der Waals surface area (Å²) in [5.74, 6) is 0.659. The molecule has 112 valence electrons. The number of pyridine rings is 1. The third kappa shape index (κ3) is 2.53. The third-order valence-electron chi connectivity index (χ3n) is 3.42. The maximum absolute atomic E-state index is 11.2. The van der Waals surface area contributed by atoms with Crippen LogP contribution in [0.3, 0.4) is 0 Å². The number of amides is 1. The quantitative estimate of drug-likeness (QED) is 0.727. The largest absolute Gasteiger partial charge is 0.494 e. The molecule has 22 heavy (non-hydrogen) atoms. The predicted octanol–water partition coefficient (Wildman–Crippen LogP) is 3.33. The number of fused-ring (bicyclic) bond motifs is 2. The van der Waals surface area contributed by atoms with Gasteiger partial charge in [0, 0.05) is 23.4 Å². The molecule has 0 aliphatic rings. The number of nitrogen functional groups attached to an aromatic ring is 1. The van der Waals surface area contributed by atoms with E-state index in [1.54, 1.807) is 0 Å². The van der Waals surface area contributed by atoms with Gasteiger partial charge >= 0.3 is 0 Å². The summed E-state index contributed by atoms with van der Waals surface area (Å²) in [6, 6.07) is 11.2. The first-order valence-electron chi connectivity index (χ1n) is 7.12. The van der Waals surface area contributed by atoms with Crippen molar-refractivity contribution in [3.05, 3.63) is 36.4 Å². The number of carbonyl (C=O) groups is 1. The summed E-state index contributed by atoms with van der Waals surface area (Å²) in [4.78, 5) is 15.8. The zero-order valence-electron chi connectivity index (χ0n) is 12.5. The Morgan fingerprint density at radius 1 is 1.18 bits per heavy atom. The van der Waals surface area contributed by atoms with Gasteiger partial charge in [-0.25, -0.2) is 4.98 Å². The van der Waals surface area contributed by atoms with Gasteiger partial charge in [-0.2, -0.15) is 0 Å². The molecule has 5 heteroatoms. The van der Waals surface area contributed by atoms with Crippen molar-refractivity contribution in [1.29, 1.82) is 0 Å². The lowest BCUT2D eigenvalue weighted by molar-refractivity contribution is -0.114. The Morgan fingerprint density at radius 2 is 2.00 bits per heavy atom. The van der Waals surface area contributed by atoms with Gasteiger partial charge in [-0.15, -0.1) is 0 Å². The second kappa shape index (κ2) is 5.52. The van der Waals surface area contributed by atoms with Crippen LogP contribution < -0.4 is 15.8 Å². The van der Waals surface area contributed by atoms with Crippen molar-refractivity contribution in [3.8, 4) is 5.75 Å². The molecule has 0 aliphatic carbocycles. The number of nitrogens with one attached hydrogen (secondary N) is 1. The fraction of sp³-hybridized carbons (Fsp3) is 0.176. The highest BCUT2D eigenvalue weighted by Gasteiger charge is 2.09. The molecular formula is C17H17N3O2. The van der Waals surface area contributed by atoms with E-state index in [9.17, 15) is 4.79 Å². The van der Waals surface area contributed by atoms with Crippen LogP contribution in [-0.2, 0) is 4.79 Å². The number of benzene rings is 2. The summed E-state index contributed by atoms with van der Waals surface area (Å²) in [5, 5.41) is 4.47. The number of carbonyl (C=O) groups excluding carboxylic acids is 1. The van der Waals surface area contributed by atoms with Gasteiger partial charge < -0.3 is 15.8 Å². The Kier molecular flexibility index (Phi) is 3.55. The first-order chi connectivity index (χ1) is 10.6. The van der Waals surface area contributed by atoms with E-state index in [1.165, 1.54) is 6.92 Å². The fourth-order valence-electron chi connectivity index (χ4n) is 2.49. The highest BCUT2D eigenvalue weighted by Crippen LogP contribution is 2.32. The Bertz CT molecular complexity index is 875. The minimum atomic E-state index is -0.116. The molecule has 0 saturated carbocycles. The van der Waals surface area contributed by atoms with Crippen molar-refractivity contribution in [1.82, 2.24) is 4.98 Å². The predicted molar refractivity (Wildman–Crippen MR) is 89.1 cm³/mol. The average molecular weight is 295 g/mol. The molecule has 3 N–H and O–H groups in total. The van der Waals surface area contributed by atoms with E-state index < -0.39 is 0 Å². The van der Waals surface area contributed by atoms with Gasteiger partial charge in [-0.05, 0) is 43.3 Å². The van der Waals surface area contributed by atoms with Gasteiger partial charge in [-0.1, -0.05) is 0 Å². The topological polar surface area (TPSA) is 77.2 Å². The van der Waals surface area contributed by atoms with Crippen molar-refractivity contribution in [2.45, 2.75) is 13.8 Å². The number of nitrogens with two attached hydrogens (primary N) is 1. The average Bonchev–Trinajstić information content (AvgIpc) is 2.47. The van der Waals surface area contributed by atoms with E-state index >= 15 is 0 Å². The summed E-state index contributed by atoms with van der Waals surface area (Å²) in [6.45, 7) is 4.02. The molecule has 5 nitrogen and oxygen atoms in total. The van der Waals surface area contributed by atoms with Crippen LogP contribution in [-0.4, -0.2) is 17.5 Å². The van der Waals surface area contributed by atoms with Crippen molar-refractivity contribution < 1.29 is 9.53 Å². The lowest BCUT2D eigenvalue weighted by Gasteiger charge is -2.10. The second-order valence-electron chi connectivity index (χ2n) is 5.05. The molecule has 1 amide bonds. The van der Waals surface area contributed by atoms with Gasteiger partial charge in [0.2, 0.25) is 5.91 Å². The van der Waals surface area contributed by atoms with Gasteiger partial charge in [0.25, 0.3) is 0 Å². The summed E-state index contributed by atoms with van der Waals surface area (Å²) in [5.41, 5.74) is 9.21. The zero-order chi connectivity index (χ0) is 15.7. The normalized spacial score (nSPS) is 10.8. The van der Waals surface area contributed by atoms with Crippen LogP contribution in [0.5, 0.6) is 5.75 Å². The van der Waals surface area contributed by atoms with E-state index in [2.05, 4.69) is 10.3 Å². The van der Waals surface area contributed by atoms with Crippen molar-refractivity contribution in [3.63, 3.8) is 0 Å². The Balaban J connectivity index is 2.19. The molecule has 0 unspecified atom stereocenters. The summed E-state index contributed by atoms with van der Waals surface area (Å²) in [7, 11) is 0. The first kappa shape index (κ1) is 14.1. The van der Waals surface area contributed by atoms with E-state index in [4.69, 9.17) is 10.5 Å². The second-order valence-corrected chi connectivity index (χ2v) is 5.05. The van der Waals surface area contributed by atoms with E-state index in [0.717, 1.165) is 27.6 Å². The van der Waals surface area contributed by atoms with Crippen LogP contribution in [0.15, 0.2) is 36.4 Å². The summed E-state index contributed by atoms with van der Waals surface area (Å²) >= 11 is 0.